The van der Waals surface area contributed by atoms with Crippen molar-refractivity contribution in [1.29, 1.82) is 0 Å². The Balaban J connectivity index is 4.11. The van der Waals surface area contributed by atoms with Crippen LogP contribution in [0.1, 0.15) is 27.2 Å². The van der Waals surface area contributed by atoms with E-state index in [0.717, 1.165) is 0 Å². The molecule has 0 spiro atoms. The number of carbonyl (C=O) groups is 1. The summed E-state index contributed by atoms with van der Waals surface area (Å²) >= 11 is 0. The van der Waals surface area contributed by atoms with Crippen molar-refractivity contribution >= 4 is 5.97 Å². The first-order valence-corrected chi connectivity index (χ1v) is 7.56. The Labute approximate surface area is 128 Å². The highest BCUT2D eigenvalue weighted by Crippen LogP contribution is 2.32. The van der Waals surface area contributed by atoms with Crippen LogP contribution in [0.4, 0.5) is 0 Å². The fraction of sp³-hybridized carbons (Fsp3) is 0.933. The predicted molar refractivity (Wildman–Crippen MR) is 81.1 cm³/mol. The lowest BCUT2D eigenvalue weighted by Gasteiger charge is -2.33. The quantitative estimate of drug-likeness (QED) is 0.407. The first-order valence-electron chi connectivity index (χ1n) is 7.56. The van der Waals surface area contributed by atoms with Crippen LogP contribution in [0.15, 0.2) is 0 Å². The van der Waals surface area contributed by atoms with Crippen molar-refractivity contribution in [3.63, 3.8) is 0 Å². The third-order valence-electron chi connectivity index (χ3n) is 3.65. The fourth-order valence-corrected chi connectivity index (χ4v) is 2.04. The second-order valence-corrected chi connectivity index (χ2v) is 5.20. The second kappa shape index (κ2) is 11.9. The van der Waals surface area contributed by atoms with E-state index in [0.29, 0.717) is 46.1 Å². The SMILES string of the molecule is CCOC(=O)C(CN)(CCOCCOCCOC)C(C)C. The summed E-state index contributed by atoms with van der Waals surface area (Å²) in [7, 11) is 1.63. The van der Waals surface area contributed by atoms with E-state index in [2.05, 4.69) is 0 Å². The Bertz CT molecular complexity index is 273. The Kier molecular flexibility index (Phi) is 11.5. The molecule has 0 amide bonds. The van der Waals surface area contributed by atoms with Crippen LogP contribution >= 0.6 is 0 Å². The van der Waals surface area contributed by atoms with Crippen molar-refractivity contribution in [2.45, 2.75) is 27.2 Å². The minimum Gasteiger partial charge on any atom is -0.466 e. The molecular formula is C15H31NO5. The number of esters is 1. The van der Waals surface area contributed by atoms with Crippen molar-refractivity contribution in [2.75, 3.05) is 53.3 Å². The molecule has 6 nitrogen and oxygen atoms in total. The van der Waals surface area contributed by atoms with E-state index >= 15 is 0 Å². The lowest BCUT2D eigenvalue weighted by molar-refractivity contribution is -0.159. The van der Waals surface area contributed by atoms with E-state index in [1.807, 2.05) is 13.8 Å². The van der Waals surface area contributed by atoms with Crippen molar-refractivity contribution < 1.29 is 23.7 Å². The van der Waals surface area contributed by atoms with Gasteiger partial charge in [0.05, 0.1) is 38.4 Å². The minimum absolute atomic E-state index is 0.100. The van der Waals surface area contributed by atoms with Crippen LogP contribution in [0.25, 0.3) is 0 Å². The maximum atomic E-state index is 12.2. The average molecular weight is 305 g/mol. The molecule has 1 unspecified atom stereocenters. The third kappa shape index (κ3) is 7.22. The van der Waals surface area contributed by atoms with Crippen molar-refractivity contribution in [1.82, 2.24) is 0 Å². The van der Waals surface area contributed by atoms with Crippen LogP contribution in [0.2, 0.25) is 0 Å². The maximum absolute atomic E-state index is 12.2. The number of hydrogen-bond acceptors (Lipinski definition) is 6. The van der Waals surface area contributed by atoms with E-state index in [-0.39, 0.29) is 18.4 Å². The standard InChI is InChI=1S/C15H31NO5/c1-5-21-14(17)15(12-16,13(2)3)6-7-19-10-11-20-9-8-18-4/h13H,5-12,16H2,1-4H3. The van der Waals surface area contributed by atoms with Crippen LogP contribution in [-0.2, 0) is 23.7 Å². The largest absolute Gasteiger partial charge is 0.466 e. The number of nitrogens with two attached hydrogens (primary N) is 1. The van der Waals surface area contributed by atoms with Gasteiger partial charge in [0.25, 0.3) is 0 Å². The van der Waals surface area contributed by atoms with Crippen LogP contribution in [0.3, 0.4) is 0 Å². The summed E-state index contributed by atoms with van der Waals surface area (Å²) in [4.78, 5) is 12.2. The number of hydrogen-bond donors (Lipinski definition) is 1. The summed E-state index contributed by atoms with van der Waals surface area (Å²) in [6, 6.07) is 0. The molecule has 0 heterocycles. The zero-order valence-electron chi connectivity index (χ0n) is 13.9. The lowest BCUT2D eigenvalue weighted by Crippen LogP contribution is -2.45. The molecule has 126 valence electrons. The molecule has 0 aromatic rings. The molecule has 0 radical (unpaired) electrons. The van der Waals surface area contributed by atoms with E-state index in [9.17, 15) is 4.79 Å². The van der Waals surface area contributed by atoms with Crippen LogP contribution in [0.5, 0.6) is 0 Å². The van der Waals surface area contributed by atoms with E-state index in [1.165, 1.54) is 0 Å². The third-order valence-corrected chi connectivity index (χ3v) is 3.65. The zero-order valence-corrected chi connectivity index (χ0v) is 13.9. The molecule has 0 bridgehead atoms. The van der Waals surface area contributed by atoms with Gasteiger partial charge in [-0.3, -0.25) is 4.79 Å². The molecule has 0 aliphatic carbocycles. The normalized spacial score (nSPS) is 14.2. The molecule has 2 N–H and O–H groups in total. The molecule has 0 aliphatic heterocycles. The van der Waals surface area contributed by atoms with Crippen LogP contribution in [-0.4, -0.2) is 59.3 Å². The molecule has 0 aliphatic rings. The average Bonchev–Trinajstić information content (AvgIpc) is 2.46. The first-order chi connectivity index (χ1) is 10.0. The summed E-state index contributed by atoms with van der Waals surface area (Å²) < 4.78 is 20.9. The number of ether oxygens (including phenoxy) is 4. The van der Waals surface area contributed by atoms with Crippen LogP contribution in [0, 0.1) is 11.3 Å². The Morgan fingerprint density at radius 3 is 2.14 bits per heavy atom. The molecule has 0 rings (SSSR count). The van der Waals surface area contributed by atoms with E-state index < -0.39 is 5.41 Å². The highest BCUT2D eigenvalue weighted by Gasteiger charge is 2.41. The summed E-state index contributed by atoms with van der Waals surface area (Å²) in [5.74, 6) is -0.134. The number of carbonyl (C=O) groups excluding carboxylic acids is 1. The molecule has 1 atom stereocenters. The van der Waals surface area contributed by atoms with Gasteiger partial charge in [-0.25, -0.2) is 0 Å². The van der Waals surface area contributed by atoms with Gasteiger partial charge in [-0.1, -0.05) is 13.8 Å². The number of rotatable bonds is 13. The molecule has 0 saturated carbocycles. The second-order valence-electron chi connectivity index (χ2n) is 5.20. The summed E-state index contributed by atoms with van der Waals surface area (Å²) in [5.41, 5.74) is 5.17. The topological polar surface area (TPSA) is 80.0 Å². The first kappa shape index (κ1) is 20.3. The van der Waals surface area contributed by atoms with Gasteiger partial charge in [-0.05, 0) is 19.3 Å². The Morgan fingerprint density at radius 2 is 1.67 bits per heavy atom. The summed E-state index contributed by atoms with van der Waals surface area (Å²) in [6.07, 6.45) is 0.554. The van der Waals surface area contributed by atoms with E-state index in [4.69, 9.17) is 24.7 Å². The lowest BCUT2D eigenvalue weighted by atomic mass is 9.74. The Morgan fingerprint density at radius 1 is 1.10 bits per heavy atom. The van der Waals surface area contributed by atoms with Gasteiger partial charge in [0.2, 0.25) is 0 Å². The van der Waals surface area contributed by atoms with Crippen molar-refractivity contribution in [3.8, 4) is 0 Å². The molecule has 0 aromatic carbocycles. The number of methoxy groups -OCH3 is 1. The van der Waals surface area contributed by atoms with Gasteiger partial charge >= 0.3 is 5.97 Å². The highest BCUT2D eigenvalue weighted by atomic mass is 16.5. The smallest absolute Gasteiger partial charge is 0.313 e. The summed E-state index contributed by atoms with van der Waals surface area (Å²) in [5, 5.41) is 0. The monoisotopic (exact) mass is 305 g/mol. The van der Waals surface area contributed by atoms with Gasteiger partial charge < -0.3 is 24.7 Å². The van der Waals surface area contributed by atoms with Crippen molar-refractivity contribution in [3.05, 3.63) is 0 Å². The van der Waals surface area contributed by atoms with Crippen LogP contribution < -0.4 is 5.73 Å². The molecular weight excluding hydrogens is 274 g/mol. The maximum Gasteiger partial charge on any atom is 0.313 e. The van der Waals surface area contributed by atoms with Gasteiger partial charge in [0.1, 0.15) is 0 Å². The molecule has 6 heteroatoms. The molecule has 21 heavy (non-hydrogen) atoms. The van der Waals surface area contributed by atoms with Gasteiger partial charge in [0.15, 0.2) is 0 Å². The highest BCUT2D eigenvalue weighted by molar-refractivity contribution is 5.77. The van der Waals surface area contributed by atoms with Crippen molar-refractivity contribution in [2.24, 2.45) is 17.1 Å². The Hall–Kier alpha value is -0.690. The molecule has 0 fully saturated rings. The zero-order chi connectivity index (χ0) is 16.1. The predicted octanol–water partition coefficient (Wildman–Crippen LogP) is 1.22. The minimum atomic E-state index is -0.674. The fourth-order valence-electron chi connectivity index (χ4n) is 2.04. The van der Waals surface area contributed by atoms with Gasteiger partial charge in [0, 0.05) is 20.3 Å². The van der Waals surface area contributed by atoms with Gasteiger partial charge in [-0.15, -0.1) is 0 Å². The van der Waals surface area contributed by atoms with Gasteiger partial charge in [-0.2, -0.15) is 0 Å². The molecule has 0 aromatic heterocycles. The summed E-state index contributed by atoms with van der Waals surface area (Å²) in [6.45, 7) is 8.99. The molecule has 0 saturated heterocycles. The van der Waals surface area contributed by atoms with E-state index in [1.54, 1.807) is 14.0 Å².